The summed E-state index contributed by atoms with van der Waals surface area (Å²) in [5.74, 6) is 0. The van der Waals surface area contributed by atoms with Crippen molar-refractivity contribution in [2.45, 2.75) is 36.3 Å². The van der Waals surface area contributed by atoms with E-state index in [4.69, 9.17) is 23.2 Å². The molecule has 0 radical (unpaired) electrons. The molecule has 9 heteroatoms. The molecule has 1 N–H and O–H groups in total. The van der Waals surface area contributed by atoms with Gasteiger partial charge in [-0.25, -0.2) is 0 Å². The van der Waals surface area contributed by atoms with Gasteiger partial charge in [0.25, 0.3) is 5.56 Å². The lowest BCUT2D eigenvalue weighted by molar-refractivity contribution is -0.224. The zero-order valence-electron chi connectivity index (χ0n) is 12.2. The predicted octanol–water partition coefficient (Wildman–Crippen LogP) is 3.72. The van der Waals surface area contributed by atoms with Crippen molar-refractivity contribution >= 4 is 34.1 Å². The van der Waals surface area contributed by atoms with Gasteiger partial charge in [0, 0.05) is 18.0 Å². The fraction of sp³-hybridized carbons (Fsp3) is 0.400. The highest BCUT2D eigenvalue weighted by atomic mass is 35.5. The average Bonchev–Trinajstić information content (AvgIpc) is 2.85. The molecule has 0 aliphatic carbocycles. The van der Waals surface area contributed by atoms with Crippen LogP contribution in [0.5, 0.6) is 0 Å². The summed E-state index contributed by atoms with van der Waals surface area (Å²) in [5, 5.41) is 0.925. The van der Waals surface area contributed by atoms with Crippen LogP contribution >= 0.6 is 23.2 Å². The average molecular weight is 384 g/mol. The first-order chi connectivity index (χ1) is 10.9. The van der Waals surface area contributed by atoms with Crippen LogP contribution in [0.1, 0.15) is 16.7 Å². The number of hydrogen-bond acceptors (Lipinski definition) is 2. The number of aliphatic hydroxyl groups is 1. The molecule has 0 atom stereocenters. The molecular weight excluding hydrogens is 373 g/mol. The van der Waals surface area contributed by atoms with Gasteiger partial charge in [0.1, 0.15) is 0 Å². The molecule has 0 saturated heterocycles. The van der Waals surface area contributed by atoms with E-state index in [-0.39, 0.29) is 12.0 Å². The zero-order chi connectivity index (χ0) is 18.1. The molecule has 1 aliphatic rings. The Bertz CT molecular complexity index is 885. The maximum atomic E-state index is 13.7. The van der Waals surface area contributed by atoms with Crippen molar-refractivity contribution in [3.63, 3.8) is 0 Å². The van der Waals surface area contributed by atoms with E-state index in [2.05, 4.69) is 0 Å². The molecule has 1 aromatic carbocycles. The van der Waals surface area contributed by atoms with Gasteiger partial charge in [0.05, 0.1) is 5.52 Å². The van der Waals surface area contributed by atoms with Gasteiger partial charge in [-0.3, -0.25) is 4.79 Å². The second-order valence-corrected chi connectivity index (χ2v) is 6.75. The van der Waals surface area contributed by atoms with Gasteiger partial charge in [-0.2, -0.15) is 17.6 Å². The lowest BCUT2D eigenvalue weighted by Crippen LogP contribution is -2.52. The van der Waals surface area contributed by atoms with Crippen LogP contribution in [0.4, 0.5) is 17.6 Å². The number of rotatable bonds is 3. The Morgan fingerprint density at radius 3 is 2.25 bits per heavy atom. The summed E-state index contributed by atoms with van der Waals surface area (Å²) >= 11 is 9.56. The van der Waals surface area contributed by atoms with Crippen molar-refractivity contribution in [1.29, 1.82) is 0 Å². The lowest BCUT2D eigenvalue weighted by atomic mass is 9.90. The Morgan fingerprint density at radius 1 is 1.12 bits per heavy atom. The van der Waals surface area contributed by atoms with Gasteiger partial charge >= 0.3 is 10.8 Å². The van der Waals surface area contributed by atoms with Gasteiger partial charge in [-0.05, 0) is 59.3 Å². The second kappa shape index (κ2) is 5.09. The normalized spacial score (nSPS) is 15.3. The Hall–Kier alpha value is -1.31. The molecule has 0 bridgehead atoms. The summed E-state index contributed by atoms with van der Waals surface area (Å²) in [4.78, 5) is 12.0. The van der Waals surface area contributed by atoms with E-state index < -0.39 is 21.9 Å². The highest BCUT2D eigenvalue weighted by molar-refractivity contribution is 6.26. The minimum absolute atomic E-state index is 0.271. The number of pyridine rings is 1. The first-order valence-corrected chi connectivity index (χ1v) is 7.67. The Morgan fingerprint density at radius 2 is 1.71 bits per heavy atom. The smallest absolute Gasteiger partial charge is 0.361 e. The van der Waals surface area contributed by atoms with Gasteiger partial charge in [-0.15, -0.1) is 0 Å². The van der Waals surface area contributed by atoms with E-state index in [1.54, 1.807) is 6.92 Å². The van der Waals surface area contributed by atoms with Gasteiger partial charge in [0.15, 0.2) is 0 Å². The van der Waals surface area contributed by atoms with Crippen molar-refractivity contribution in [3.8, 4) is 0 Å². The molecular formula is C15H11Cl2F4NO2. The van der Waals surface area contributed by atoms with E-state index in [9.17, 15) is 27.5 Å². The molecule has 0 spiro atoms. The standard InChI is InChI=1S/C15H11Cl2F4NO2/c1-7-4-11(23)22-3-2-8-5-9(6-10(7)12(8)22)13(24,14(16,18)19)15(17,20)21/h4-6,24H,2-3H2,1H3. The number of aromatic nitrogens is 1. The van der Waals surface area contributed by atoms with Gasteiger partial charge in [-0.1, -0.05) is 6.07 Å². The minimum Gasteiger partial charge on any atom is -0.372 e. The first-order valence-electron chi connectivity index (χ1n) is 6.91. The molecule has 2 aromatic rings. The third-order valence-electron chi connectivity index (χ3n) is 4.33. The van der Waals surface area contributed by atoms with Crippen LogP contribution in [0.25, 0.3) is 10.9 Å². The van der Waals surface area contributed by atoms with Crippen LogP contribution in [0.15, 0.2) is 23.0 Å². The molecule has 0 saturated carbocycles. The molecule has 2 heterocycles. The van der Waals surface area contributed by atoms with Crippen LogP contribution in [-0.2, 0) is 18.6 Å². The molecule has 0 fully saturated rings. The summed E-state index contributed by atoms with van der Waals surface area (Å²) in [6, 6.07) is 3.25. The molecule has 0 amide bonds. The first kappa shape index (κ1) is 17.5. The maximum Gasteiger partial charge on any atom is 0.361 e. The van der Waals surface area contributed by atoms with E-state index in [0.29, 0.717) is 28.6 Å². The van der Waals surface area contributed by atoms with Gasteiger partial charge in [0.2, 0.25) is 5.60 Å². The molecule has 3 rings (SSSR count). The maximum absolute atomic E-state index is 13.7. The van der Waals surface area contributed by atoms with Crippen molar-refractivity contribution in [2.75, 3.05) is 0 Å². The largest absolute Gasteiger partial charge is 0.372 e. The topological polar surface area (TPSA) is 42.2 Å². The minimum atomic E-state index is -4.72. The van der Waals surface area contributed by atoms with Crippen molar-refractivity contribution in [1.82, 2.24) is 4.57 Å². The molecule has 1 aliphatic heterocycles. The van der Waals surface area contributed by atoms with Crippen LogP contribution in [0.3, 0.4) is 0 Å². The van der Waals surface area contributed by atoms with E-state index in [1.807, 2.05) is 0 Å². The molecule has 1 aromatic heterocycles. The fourth-order valence-electron chi connectivity index (χ4n) is 3.11. The van der Waals surface area contributed by atoms with Crippen LogP contribution in [-0.4, -0.2) is 20.4 Å². The number of benzene rings is 1. The SMILES string of the molecule is Cc1cc(=O)n2c3c(cc(C(O)(C(F)(F)Cl)C(F)(F)Cl)cc13)CC2. The van der Waals surface area contributed by atoms with E-state index >= 15 is 0 Å². The summed E-state index contributed by atoms with van der Waals surface area (Å²) in [6.07, 6.45) is 0.279. The van der Waals surface area contributed by atoms with Crippen molar-refractivity contribution < 1.29 is 22.7 Å². The Balaban J connectivity index is 2.40. The second-order valence-electron chi connectivity index (χ2n) is 5.80. The van der Waals surface area contributed by atoms with E-state index in [1.165, 1.54) is 10.6 Å². The number of alkyl halides is 6. The quantitative estimate of drug-likeness (QED) is 0.648. The van der Waals surface area contributed by atoms with Crippen molar-refractivity contribution in [3.05, 3.63) is 45.2 Å². The summed E-state index contributed by atoms with van der Waals surface area (Å²) in [6.45, 7) is 1.84. The summed E-state index contributed by atoms with van der Waals surface area (Å²) < 4.78 is 56.1. The molecule has 130 valence electrons. The number of halogens is 6. The number of aryl methyl sites for hydroxylation is 3. The summed E-state index contributed by atoms with van der Waals surface area (Å²) in [7, 11) is 0. The Labute approximate surface area is 143 Å². The summed E-state index contributed by atoms with van der Waals surface area (Å²) in [5.41, 5.74) is -3.91. The number of hydrogen-bond donors (Lipinski definition) is 1. The van der Waals surface area contributed by atoms with Crippen molar-refractivity contribution in [2.24, 2.45) is 0 Å². The highest BCUT2D eigenvalue weighted by Gasteiger charge is 2.68. The zero-order valence-corrected chi connectivity index (χ0v) is 13.7. The van der Waals surface area contributed by atoms with Crippen LogP contribution < -0.4 is 5.56 Å². The highest BCUT2D eigenvalue weighted by Crippen LogP contribution is 2.53. The van der Waals surface area contributed by atoms with Gasteiger partial charge < -0.3 is 9.67 Å². The van der Waals surface area contributed by atoms with Crippen LogP contribution in [0.2, 0.25) is 0 Å². The predicted molar refractivity (Wildman–Crippen MR) is 82.1 cm³/mol. The van der Waals surface area contributed by atoms with Crippen LogP contribution in [0, 0.1) is 6.92 Å². The lowest BCUT2D eigenvalue weighted by Gasteiger charge is -2.35. The molecule has 3 nitrogen and oxygen atoms in total. The monoisotopic (exact) mass is 383 g/mol. The Kier molecular flexibility index (Phi) is 3.72. The third kappa shape index (κ3) is 2.25. The third-order valence-corrected chi connectivity index (χ3v) is 4.88. The van der Waals surface area contributed by atoms with E-state index in [0.717, 1.165) is 12.1 Å². The fourth-order valence-corrected chi connectivity index (χ4v) is 3.61. The molecule has 24 heavy (non-hydrogen) atoms. The molecule has 0 unspecified atom stereocenters. The number of nitrogens with zero attached hydrogens (tertiary/aromatic N) is 1.